The van der Waals surface area contributed by atoms with Gasteiger partial charge in [0.05, 0.1) is 5.69 Å². The lowest BCUT2D eigenvalue weighted by Crippen LogP contribution is -2.59. The highest BCUT2D eigenvalue weighted by Gasteiger charge is 2.49. The largest absolute Gasteiger partial charge is 0.298 e. The number of rotatable bonds is 4. The van der Waals surface area contributed by atoms with Gasteiger partial charge in [0, 0.05) is 39.0 Å². The summed E-state index contributed by atoms with van der Waals surface area (Å²) in [7, 11) is 0. The van der Waals surface area contributed by atoms with Crippen molar-refractivity contribution in [2.45, 2.75) is 70.3 Å². The second-order valence-corrected chi connectivity index (χ2v) is 9.42. The van der Waals surface area contributed by atoms with Gasteiger partial charge in [-0.1, -0.05) is 22.8 Å². The molecular weight excluding hydrogens is 402 g/mol. The van der Waals surface area contributed by atoms with E-state index in [-0.39, 0.29) is 11.1 Å². The Bertz CT molecular complexity index is 959. The Labute approximate surface area is 181 Å². The first-order chi connectivity index (χ1) is 14.3. The predicted octanol–water partition coefficient (Wildman–Crippen LogP) is 5.93. The van der Waals surface area contributed by atoms with Crippen LogP contribution in [0, 0.1) is 0 Å². The molecular formula is C21H26ClN7O. The van der Waals surface area contributed by atoms with Gasteiger partial charge in [-0.15, -0.1) is 0 Å². The second kappa shape index (κ2) is 7.71. The summed E-state index contributed by atoms with van der Waals surface area (Å²) in [6, 6.07) is 7.36. The van der Waals surface area contributed by atoms with Crippen LogP contribution in [0.25, 0.3) is 10.4 Å². The summed E-state index contributed by atoms with van der Waals surface area (Å²) in [6.07, 6.45) is 5.17. The van der Waals surface area contributed by atoms with Crippen LogP contribution in [0.1, 0.15) is 58.6 Å². The van der Waals surface area contributed by atoms with Crippen LogP contribution in [0.4, 0.5) is 11.6 Å². The second-order valence-electron chi connectivity index (χ2n) is 9.01. The van der Waals surface area contributed by atoms with Crippen molar-refractivity contribution in [2.24, 2.45) is 5.11 Å². The minimum Gasteiger partial charge on any atom is -0.298 e. The molecule has 2 atom stereocenters. The molecule has 0 amide bonds. The van der Waals surface area contributed by atoms with Gasteiger partial charge in [-0.25, -0.2) is 9.97 Å². The standard InChI is InChI=1S/C21H26ClN7O/c1-20(2)10-6-11-21(3,4)29(20)30-17-16-14(22)8-5-9-15(16)28(18(17)26-27-23)19-24-12-7-13-25-19/h5,7-9,12-13,17-18H,6,10-11H2,1-4H3. The number of fused-ring (bicyclic) bond motifs is 1. The van der Waals surface area contributed by atoms with Crippen molar-refractivity contribution in [1.29, 1.82) is 0 Å². The van der Waals surface area contributed by atoms with E-state index in [1.165, 1.54) is 0 Å². The Balaban J connectivity index is 1.83. The molecule has 4 rings (SSSR count). The van der Waals surface area contributed by atoms with Crippen molar-refractivity contribution >= 4 is 23.2 Å². The van der Waals surface area contributed by atoms with Gasteiger partial charge in [0.15, 0.2) is 0 Å². The van der Waals surface area contributed by atoms with E-state index >= 15 is 0 Å². The summed E-state index contributed by atoms with van der Waals surface area (Å²) in [5, 5.41) is 6.72. The zero-order valence-corrected chi connectivity index (χ0v) is 18.4. The SMILES string of the molecule is CC1(C)CCCC(C)(C)N1OC1c2c(Cl)cccc2N(c2ncccn2)C1N=[N+]=[N-]. The third-order valence-corrected chi connectivity index (χ3v) is 6.27. The number of halogens is 1. The molecule has 0 saturated carbocycles. The Morgan fingerprint density at radius 1 is 1.13 bits per heavy atom. The molecule has 1 aromatic carbocycles. The minimum absolute atomic E-state index is 0.180. The van der Waals surface area contributed by atoms with E-state index in [1.54, 1.807) is 23.4 Å². The summed E-state index contributed by atoms with van der Waals surface area (Å²) < 4.78 is 0. The predicted molar refractivity (Wildman–Crippen MR) is 116 cm³/mol. The fraction of sp³-hybridized carbons (Fsp3) is 0.524. The molecule has 1 saturated heterocycles. The number of hydrogen-bond acceptors (Lipinski definition) is 6. The maximum absolute atomic E-state index is 9.36. The van der Waals surface area contributed by atoms with Crippen molar-refractivity contribution in [3.63, 3.8) is 0 Å². The van der Waals surface area contributed by atoms with Crippen LogP contribution in [0.15, 0.2) is 41.8 Å². The van der Waals surface area contributed by atoms with Gasteiger partial charge in [0.1, 0.15) is 12.3 Å². The third kappa shape index (κ3) is 3.50. The molecule has 0 radical (unpaired) electrons. The van der Waals surface area contributed by atoms with Crippen LogP contribution in [0.2, 0.25) is 5.02 Å². The molecule has 30 heavy (non-hydrogen) atoms. The Morgan fingerprint density at radius 3 is 2.43 bits per heavy atom. The number of piperidine rings is 1. The molecule has 3 heterocycles. The summed E-state index contributed by atoms with van der Waals surface area (Å²) in [5.74, 6) is 0.432. The van der Waals surface area contributed by atoms with E-state index in [4.69, 9.17) is 16.4 Å². The van der Waals surface area contributed by atoms with Gasteiger partial charge in [0.25, 0.3) is 0 Å². The molecule has 8 nitrogen and oxygen atoms in total. The first kappa shape index (κ1) is 20.9. The van der Waals surface area contributed by atoms with E-state index in [9.17, 15) is 5.53 Å². The third-order valence-electron chi connectivity index (χ3n) is 5.94. The lowest BCUT2D eigenvalue weighted by molar-refractivity contribution is -0.308. The Morgan fingerprint density at radius 2 is 1.80 bits per heavy atom. The first-order valence-corrected chi connectivity index (χ1v) is 10.5. The molecule has 1 aromatic heterocycles. The zero-order chi connectivity index (χ0) is 21.5. The fourth-order valence-electron chi connectivity index (χ4n) is 4.73. The van der Waals surface area contributed by atoms with Gasteiger partial charge in [-0.2, -0.15) is 5.06 Å². The highest BCUT2D eigenvalue weighted by Crippen LogP contribution is 2.51. The average Bonchev–Trinajstić information content (AvgIpc) is 3.00. The lowest BCUT2D eigenvalue weighted by Gasteiger charge is -2.52. The normalized spacial score (nSPS) is 24.9. The number of hydrogen-bond donors (Lipinski definition) is 0. The molecule has 2 aliphatic heterocycles. The maximum Gasteiger partial charge on any atom is 0.230 e. The quantitative estimate of drug-likeness (QED) is 0.342. The topological polar surface area (TPSA) is 90.2 Å². The van der Waals surface area contributed by atoms with Crippen molar-refractivity contribution < 1.29 is 4.84 Å². The van der Waals surface area contributed by atoms with Crippen molar-refractivity contribution in [3.05, 3.63) is 57.7 Å². The van der Waals surface area contributed by atoms with Gasteiger partial charge in [-0.05, 0) is 70.7 Å². The Hall–Kier alpha value is -2.38. The highest BCUT2D eigenvalue weighted by molar-refractivity contribution is 6.32. The van der Waals surface area contributed by atoms with Gasteiger partial charge >= 0.3 is 0 Å². The van der Waals surface area contributed by atoms with Crippen LogP contribution in [0.3, 0.4) is 0 Å². The number of benzene rings is 1. The molecule has 9 heteroatoms. The number of hydroxylamine groups is 2. The lowest BCUT2D eigenvalue weighted by atomic mass is 9.82. The molecule has 0 bridgehead atoms. The molecule has 2 aliphatic rings. The minimum atomic E-state index is -0.708. The van der Waals surface area contributed by atoms with Crippen molar-refractivity contribution in [1.82, 2.24) is 15.0 Å². The van der Waals surface area contributed by atoms with E-state index in [1.807, 2.05) is 18.2 Å². The van der Waals surface area contributed by atoms with Crippen LogP contribution < -0.4 is 4.90 Å². The molecule has 0 spiro atoms. The monoisotopic (exact) mass is 427 g/mol. The molecule has 158 valence electrons. The van der Waals surface area contributed by atoms with Crippen molar-refractivity contribution in [3.8, 4) is 0 Å². The highest BCUT2D eigenvalue weighted by atomic mass is 35.5. The maximum atomic E-state index is 9.36. The van der Waals surface area contributed by atoms with Crippen molar-refractivity contribution in [2.75, 3.05) is 4.90 Å². The Kier molecular flexibility index (Phi) is 5.36. The van der Waals surface area contributed by atoms with Crippen LogP contribution in [-0.4, -0.2) is 32.3 Å². The smallest absolute Gasteiger partial charge is 0.230 e. The molecule has 2 aromatic rings. The zero-order valence-electron chi connectivity index (χ0n) is 17.7. The van der Waals surface area contributed by atoms with Gasteiger partial charge in [-0.3, -0.25) is 9.74 Å². The van der Waals surface area contributed by atoms with Gasteiger partial charge in [0.2, 0.25) is 5.95 Å². The number of aromatic nitrogens is 2. The van der Waals surface area contributed by atoms with Crippen LogP contribution in [0.5, 0.6) is 0 Å². The van der Waals surface area contributed by atoms with E-state index in [2.05, 4.69) is 52.8 Å². The fourth-order valence-corrected chi connectivity index (χ4v) is 5.01. The summed E-state index contributed by atoms with van der Waals surface area (Å²) >= 11 is 6.64. The number of azide groups is 1. The van der Waals surface area contributed by atoms with Crippen LogP contribution in [-0.2, 0) is 4.84 Å². The molecule has 1 fully saturated rings. The van der Waals surface area contributed by atoms with E-state index in [0.717, 1.165) is 30.5 Å². The van der Waals surface area contributed by atoms with Gasteiger partial charge < -0.3 is 0 Å². The first-order valence-electron chi connectivity index (χ1n) is 10.1. The summed E-state index contributed by atoms with van der Waals surface area (Å²) in [5.41, 5.74) is 10.6. The molecule has 0 aliphatic carbocycles. The number of nitrogens with zero attached hydrogens (tertiary/aromatic N) is 7. The molecule has 0 N–H and O–H groups in total. The summed E-state index contributed by atoms with van der Waals surface area (Å²) in [4.78, 5) is 20.4. The van der Waals surface area contributed by atoms with E-state index < -0.39 is 12.3 Å². The summed E-state index contributed by atoms with van der Waals surface area (Å²) in [6.45, 7) is 8.71. The average molecular weight is 428 g/mol. The number of anilines is 2. The van der Waals surface area contributed by atoms with Crippen LogP contribution >= 0.6 is 11.6 Å². The molecule has 2 unspecified atom stereocenters. The van der Waals surface area contributed by atoms with E-state index in [0.29, 0.717) is 11.0 Å².